The third kappa shape index (κ3) is 3.42. The molecule has 2 aliphatic rings. The van der Waals surface area contributed by atoms with Crippen LogP contribution in [-0.2, 0) is 9.59 Å². The summed E-state index contributed by atoms with van der Waals surface area (Å²) in [5, 5.41) is 0. The van der Waals surface area contributed by atoms with Gasteiger partial charge in [-0.15, -0.1) is 0 Å². The van der Waals surface area contributed by atoms with E-state index in [4.69, 9.17) is 5.73 Å². The summed E-state index contributed by atoms with van der Waals surface area (Å²) in [5.41, 5.74) is 6.79. The predicted octanol–water partition coefficient (Wildman–Crippen LogP) is 1.54. The molecule has 0 radical (unpaired) electrons. The average molecular weight is 329 g/mol. The first-order chi connectivity index (χ1) is 11.6. The lowest BCUT2D eigenvalue weighted by molar-refractivity contribution is -0.123. The molecule has 2 saturated heterocycles. The third-order valence-electron chi connectivity index (χ3n) is 4.93. The first-order valence-electron chi connectivity index (χ1n) is 8.55. The van der Waals surface area contributed by atoms with Gasteiger partial charge in [0.05, 0.1) is 0 Å². The Balaban J connectivity index is 1.64. The number of carbonyl (C=O) groups is 3. The summed E-state index contributed by atoms with van der Waals surface area (Å²) in [4.78, 5) is 39.3. The lowest BCUT2D eigenvalue weighted by Gasteiger charge is -2.31. The molecule has 2 fully saturated rings. The van der Waals surface area contributed by atoms with Crippen molar-refractivity contribution in [1.82, 2.24) is 4.90 Å². The highest BCUT2D eigenvalue weighted by molar-refractivity contribution is 5.97. The van der Waals surface area contributed by atoms with Crippen LogP contribution in [0.2, 0.25) is 0 Å². The molecule has 0 bridgehead atoms. The van der Waals surface area contributed by atoms with E-state index in [0.717, 1.165) is 25.1 Å². The highest BCUT2D eigenvalue weighted by Crippen LogP contribution is 2.23. The van der Waals surface area contributed by atoms with Crippen molar-refractivity contribution in [3.63, 3.8) is 0 Å². The third-order valence-corrected chi connectivity index (χ3v) is 4.93. The molecule has 0 atom stereocenters. The number of likely N-dealkylation sites (tertiary alicyclic amines) is 1. The van der Waals surface area contributed by atoms with Gasteiger partial charge in [-0.2, -0.15) is 0 Å². The number of piperidine rings is 2. The Kier molecular flexibility index (Phi) is 4.83. The van der Waals surface area contributed by atoms with Crippen LogP contribution in [0, 0.1) is 5.92 Å². The maximum Gasteiger partial charge on any atom is 0.253 e. The van der Waals surface area contributed by atoms with Gasteiger partial charge in [-0.05, 0) is 49.9 Å². The molecule has 1 aromatic rings. The number of hydrogen-bond donors (Lipinski definition) is 1. The maximum absolute atomic E-state index is 12.6. The smallest absolute Gasteiger partial charge is 0.253 e. The number of amides is 3. The van der Waals surface area contributed by atoms with Crippen molar-refractivity contribution in [2.24, 2.45) is 11.7 Å². The van der Waals surface area contributed by atoms with Crippen molar-refractivity contribution < 1.29 is 14.4 Å². The van der Waals surface area contributed by atoms with Crippen LogP contribution in [0.15, 0.2) is 24.3 Å². The molecule has 2 N–H and O–H groups in total. The normalized spacial score (nSPS) is 19.4. The second-order valence-corrected chi connectivity index (χ2v) is 6.52. The van der Waals surface area contributed by atoms with Gasteiger partial charge in [0.2, 0.25) is 11.8 Å². The maximum atomic E-state index is 12.6. The van der Waals surface area contributed by atoms with Gasteiger partial charge in [-0.1, -0.05) is 0 Å². The van der Waals surface area contributed by atoms with Crippen LogP contribution < -0.4 is 10.6 Å². The van der Waals surface area contributed by atoms with Crippen LogP contribution in [0.1, 0.15) is 42.5 Å². The minimum Gasteiger partial charge on any atom is -0.369 e. The molecular formula is C18H23N3O3. The number of nitrogens with zero attached hydrogens (tertiary/aromatic N) is 2. The van der Waals surface area contributed by atoms with Gasteiger partial charge in [0.15, 0.2) is 0 Å². The van der Waals surface area contributed by atoms with Crippen molar-refractivity contribution in [2.75, 3.05) is 24.5 Å². The summed E-state index contributed by atoms with van der Waals surface area (Å²) in [5.74, 6) is -0.289. The van der Waals surface area contributed by atoms with Gasteiger partial charge in [0, 0.05) is 43.2 Å². The van der Waals surface area contributed by atoms with Crippen molar-refractivity contribution in [1.29, 1.82) is 0 Å². The van der Waals surface area contributed by atoms with Crippen LogP contribution in [0.25, 0.3) is 0 Å². The van der Waals surface area contributed by atoms with E-state index in [0.29, 0.717) is 37.9 Å². The number of anilines is 1. The van der Waals surface area contributed by atoms with Crippen molar-refractivity contribution in [2.45, 2.75) is 32.1 Å². The SMILES string of the molecule is NC(=O)C1CCN(C(=O)c2ccc(N3CCCCC3=O)cc2)CC1. The molecule has 0 aliphatic carbocycles. The molecule has 0 aromatic heterocycles. The monoisotopic (exact) mass is 329 g/mol. The molecule has 1 aromatic carbocycles. The Morgan fingerprint density at radius 2 is 1.67 bits per heavy atom. The predicted molar refractivity (Wildman–Crippen MR) is 90.5 cm³/mol. The topological polar surface area (TPSA) is 83.7 Å². The lowest BCUT2D eigenvalue weighted by Crippen LogP contribution is -2.41. The first kappa shape index (κ1) is 16.5. The Morgan fingerprint density at radius 1 is 1.00 bits per heavy atom. The lowest BCUT2D eigenvalue weighted by atomic mass is 9.96. The van der Waals surface area contributed by atoms with Crippen LogP contribution in [0.3, 0.4) is 0 Å². The van der Waals surface area contributed by atoms with E-state index >= 15 is 0 Å². The Labute approximate surface area is 141 Å². The summed E-state index contributed by atoms with van der Waals surface area (Å²) in [6.45, 7) is 1.85. The number of primary amides is 1. The summed E-state index contributed by atoms with van der Waals surface area (Å²) in [6.07, 6.45) is 3.81. The van der Waals surface area contributed by atoms with Gasteiger partial charge >= 0.3 is 0 Å². The van der Waals surface area contributed by atoms with Gasteiger partial charge in [-0.3, -0.25) is 14.4 Å². The number of benzene rings is 1. The van der Waals surface area contributed by atoms with E-state index in [1.807, 2.05) is 12.1 Å². The molecule has 0 saturated carbocycles. The summed E-state index contributed by atoms with van der Waals surface area (Å²) < 4.78 is 0. The molecule has 0 spiro atoms. The number of rotatable bonds is 3. The van der Waals surface area contributed by atoms with E-state index in [1.165, 1.54) is 0 Å². The Hall–Kier alpha value is -2.37. The number of hydrogen-bond acceptors (Lipinski definition) is 3. The number of nitrogens with two attached hydrogens (primary N) is 1. The summed E-state index contributed by atoms with van der Waals surface area (Å²) in [7, 11) is 0. The second kappa shape index (κ2) is 7.03. The fourth-order valence-corrected chi connectivity index (χ4v) is 3.41. The van der Waals surface area contributed by atoms with Gasteiger partial charge in [0.25, 0.3) is 5.91 Å². The van der Waals surface area contributed by atoms with Gasteiger partial charge < -0.3 is 15.5 Å². The number of carbonyl (C=O) groups excluding carboxylic acids is 3. The second-order valence-electron chi connectivity index (χ2n) is 6.52. The van der Waals surface area contributed by atoms with E-state index in [9.17, 15) is 14.4 Å². The first-order valence-corrected chi connectivity index (χ1v) is 8.55. The van der Waals surface area contributed by atoms with Crippen molar-refractivity contribution >= 4 is 23.4 Å². The minimum atomic E-state index is -0.280. The average Bonchev–Trinajstić information content (AvgIpc) is 2.62. The summed E-state index contributed by atoms with van der Waals surface area (Å²) >= 11 is 0. The molecule has 0 unspecified atom stereocenters. The van der Waals surface area contributed by atoms with E-state index < -0.39 is 0 Å². The molecule has 3 amide bonds. The molecular weight excluding hydrogens is 306 g/mol. The standard InChI is InChI=1S/C18H23N3O3/c19-17(23)13-8-11-20(12-9-13)18(24)14-4-6-15(7-5-14)21-10-2-1-3-16(21)22/h4-7,13H,1-3,8-12H2,(H2,19,23). The zero-order valence-electron chi connectivity index (χ0n) is 13.7. The van der Waals surface area contributed by atoms with Crippen LogP contribution >= 0.6 is 0 Å². The minimum absolute atomic E-state index is 0.0329. The quantitative estimate of drug-likeness (QED) is 0.913. The zero-order valence-corrected chi connectivity index (χ0v) is 13.7. The fourth-order valence-electron chi connectivity index (χ4n) is 3.41. The van der Waals surface area contributed by atoms with E-state index in [-0.39, 0.29) is 23.6 Å². The molecule has 2 heterocycles. The molecule has 6 heteroatoms. The summed E-state index contributed by atoms with van der Waals surface area (Å²) in [6, 6.07) is 7.23. The Morgan fingerprint density at radius 3 is 2.25 bits per heavy atom. The fraction of sp³-hybridized carbons (Fsp3) is 0.500. The molecule has 3 rings (SSSR count). The Bertz CT molecular complexity index is 633. The van der Waals surface area contributed by atoms with Crippen molar-refractivity contribution in [3.8, 4) is 0 Å². The van der Waals surface area contributed by atoms with E-state index in [1.54, 1.807) is 21.9 Å². The zero-order chi connectivity index (χ0) is 17.1. The molecule has 2 aliphatic heterocycles. The highest BCUT2D eigenvalue weighted by atomic mass is 16.2. The van der Waals surface area contributed by atoms with Crippen LogP contribution in [0.4, 0.5) is 5.69 Å². The van der Waals surface area contributed by atoms with Crippen molar-refractivity contribution in [3.05, 3.63) is 29.8 Å². The van der Waals surface area contributed by atoms with Gasteiger partial charge in [-0.25, -0.2) is 0 Å². The van der Waals surface area contributed by atoms with E-state index in [2.05, 4.69) is 0 Å². The molecule has 24 heavy (non-hydrogen) atoms. The van der Waals surface area contributed by atoms with Gasteiger partial charge in [0.1, 0.15) is 0 Å². The molecule has 128 valence electrons. The largest absolute Gasteiger partial charge is 0.369 e. The van der Waals surface area contributed by atoms with Crippen LogP contribution in [-0.4, -0.2) is 42.3 Å². The molecule has 6 nitrogen and oxygen atoms in total. The van der Waals surface area contributed by atoms with Crippen LogP contribution in [0.5, 0.6) is 0 Å². The highest BCUT2D eigenvalue weighted by Gasteiger charge is 2.26.